The van der Waals surface area contributed by atoms with Gasteiger partial charge < -0.3 is 10.1 Å². The average Bonchev–Trinajstić information content (AvgIpc) is 2.51. The van der Waals surface area contributed by atoms with Crippen LogP contribution in [0, 0.1) is 13.8 Å². The first kappa shape index (κ1) is 14.7. The van der Waals surface area contributed by atoms with E-state index in [1.807, 2.05) is 44.2 Å². The lowest BCUT2D eigenvalue weighted by Gasteiger charge is -2.30. The number of hydrogen-bond acceptors (Lipinski definition) is 2. The minimum Gasteiger partial charge on any atom is -0.490 e. The molecule has 1 heterocycles. The number of fused-ring (bicyclic) bond motifs is 1. The molecular formula is C17H17ClN2O2. The molecule has 4 nitrogen and oxygen atoms in total. The summed E-state index contributed by atoms with van der Waals surface area (Å²) in [6.45, 7) is 4.88. The molecule has 2 aromatic carbocycles. The second kappa shape index (κ2) is 5.89. The summed E-state index contributed by atoms with van der Waals surface area (Å²) in [7, 11) is 0. The first-order valence-corrected chi connectivity index (χ1v) is 7.51. The number of nitrogens with zero attached hydrogens (tertiary/aromatic N) is 1. The minimum atomic E-state index is -0.180. The fourth-order valence-corrected chi connectivity index (χ4v) is 2.64. The summed E-state index contributed by atoms with van der Waals surface area (Å²) in [4.78, 5) is 14.3. The van der Waals surface area contributed by atoms with Crippen LogP contribution in [0.4, 0.5) is 16.2 Å². The third kappa shape index (κ3) is 2.74. The van der Waals surface area contributed by atoms with Gasteiger partial charge in [0.25, 0.3) is 0 Å². The van der Waals surface area contributed by atoms with Crippen LogP contribution >= 0.6 is 11.6 Å². The van der Waals surface area contributed by atoms with Crippen molar-refractivity contribution < 1.29 is 9.53 Å². The number of halogens is 1. The Bertz CT molecular complexity index is 731. The Labute approximate surface area is 134 Å². The molecule has 114 valence electrons. The summed E-state index contributed by atoms with van der Waals surface area (Å²) in [6.07, 6.45) is 0. The molecule has 1 aliphatic heterocycles. The highest BCUT2D eigenvalue weighted by Gasteiger charge is 2.24. The lowest BCUT2D eigenvalue weighted by atomic mass is 10.1. The smallest absolute Gasteiger partial charge is 0.326 e. The number of rotatable bonds is 1. The lowest BCUT2D eigenvalue weighted by Crippen LogP contribution is -2.40. The summed E-state index contributed by atoms with van der Waals surface area (Å²) in [5.74, 6) is 0.731. The molecule has 0 radical (unpaired) electrons. The van der Waals surface area contributed by atoms with E-state index in [2.05, 4.69) is 5.32 Å². The molecule has 1 aliphatic rings. The van der Waals surface area contributed by atoms with Gasteiger partial charge in [0, 0.05) is 10.7 Å². The Morgan fingerprint density at radius 2 is 2.09 bits per heavy atom. The second-order valence-corrected chi connectivity index (χ2v) is 5.72. The van der Waals surface area contributed by atoms with Crippen molar-refractivity contribution in [1.29, 1.82) is 0 Å². The first-order chi connectivity index (χ1) is 10.6. The van der Waals surface area contributed by atoms with Crippen LogP contribution in [-0.2, 0) is 0 Å². The van der Waals surface area contributed by atoms with Gasteiger partial charge in [0.05, 0.1) is 12.2 Å². The topological polar surface area (TPSA) is 41.6 Å². The fraction of sp³-hybridized carbons (Fsp3) is 0.235. The van der Waals surface area contributed by atoms with Crippen molar-refractivity contribution in [1.82, 2.24) is 0 Å². The number of urea groups is 1. The fourth-order valence-electron chi connectivity index (χ4n) is 2.46. The average molecular weight is 317 g/mol. The quantitative estimate of drug-likeness (QED) is 0.848. The number of anilines is 2. The van der Waals surface area contributed by atoms with Gasteiger partial charge in [0.1, 0.15) is 12.4 Å². The molecule has 0 saturated carbocycles. The molecule has 22 heavy (non-hydrogen) atoms. The third-order valence-electron chi connectivity index (χ3n) is 3.73. The molecule has 3 rings (SSSR count). The lowest BCUT2D eigenvalue weighted by molar-refractivity contribution is 0.250. The number of carbonyl (C=O) groups is 1. The van der Waals surface area contributed by atoms with Gasteiger partial charge in [-0.15, -0.1) is 0 Å². The van der Waals surface area contributed by atoms with Crippen molar-refractivity contribution in [3.05, 3.63) is 52.5 Å². The van der Waals surface area contributed by atoms with E-state index in [9.17, 15) is 4.79 Å². The SMILES string of the molecule is Cc1ccc2c(c1)N(C(=O)Nc1cccc(Cl)c1C)CCO2. The number of nitrogens with one attached hydrogen (secondary N) is 1. The summed E-state index contributed by atoms with van der Waals surface area (Å²) < 4.78 is 5.61. The van der Waals surface area contributed by atoms with E-state index in [-0.39, 0.29) is 6.03 Å². The molecule has 2 amide bonds. The highest BCUT2D eigenvalue weighted by Crippen LogP contribution is 2.33. The zero-order valence-electron chi connectivity index (χ0n) is 12.5. The number of aryl methyl sites for hydroxylation is 1. The molecule has 0 aromatic heterocycles. The van der Waals surface area contributed by atoms with E-state index in [1.54, 1.807) is 11.0 Å². The minimum absolute atomic E-state index is 0.180. The van der Waals surface area contributed by atoms with Gasteiger partial charge in [-0.25, -0.2) is 4.79 Å². The zero-order valence-corrected chi connectivity index (χ0v) is 13.3. The van der Waals surface area contributed by atoms with Crippen LogP contribution in [0.15, 0.2) is 36.4 Å². The van der Waals surface area contributed by atoms with E-state index in [0.29, 0.717) is 18.2 Å². The number of benzene rings is 2. The van der Waals surface area contributed by atoms with Gasteiger partial charge in [0.15, 0.2) is 0 Å². The molecule has 5 heteroatoms. The van der Waals surface area contributed by atoms with E-state index in [0.717, 1.165) is 28.3 Å². The van der Waals surface area contributed by atoms with Crippen molar-refractivity contribution in [3.8, 4) is 5.75 Å². The van der Waals surface area contributed by atoms with Crippen LogP contribution < -0.4 is 15.0 Å². The standard InChI is InChI=1S/C17H17ClN2O2/c1-11-6-7-16-15(10-11)20(8-9-22-16)17(21)19-14-5-3-4-13(18)12(14)2/h3-7,10H,8-9H2,1-2H3,(H,19,21). The third-order valence-corrected chi connectivity index (χ3v) is 4.14. The zero-order chi connectivity index (χ0) is 15.7. The Morgan fingerprint density at radius 3 is 2.91 bits per heavy atom. The Morgan fingerprint density at radius 1 is 1.27 bits per heavy atom. The molecule has 0 bridgehead atoms. The first-order valence-electron chi connectivity index (χ1n) is 7.13. The number of ether oxygens (including phenoxy) is 1. The van der Waals surface area contributed by atoms with Gasteiger partial charge >= 0.3 is 6.03 Å². The van der Waals surface area contributed by atoms with Crippen LogP contribution in [0.5, 0.6) is 5.75 Å². The maximum absolute atomic E-state index is 12.6. The molecule has 0 fully saturated rings. The van der Waals surface area contributed by atoms with E-state index < -0.39 is 0 Å². The summed E-state index contributed by atoms with van der Waals surface area (Å²) in [5, 5.41) is 3.56. The van der Waals surface area contributed by atoms with Gasteiger partial charge in [0.2, 0.25) is 0 Å². The molecule has 0 saturated heterocycles. The van der Waals surface area contributed by atoms with Crippen molar-refractivity contribution in [2.75, 3.05) is 23.4 Å². The summed E-state index contributed by atoms with van der Waals surface area (Å²) in [6, 6.07) is 11.1. The monoisotopic (exact) mass is 316 g/mol. The molecule has 0 unspecified atom stereocenters. The number of hydrogen-bond donors (Lipinski definition) is 1. The van der Waals surface area contributed by atoms with Crippen molar-refractivity contribution in [3.63, 3.8) is 0 Å². The number of amides is 2. The highest BCUT2D eigenvalue weighted by atomic mass is 35.5. The molecule has 0 atom stereocenters. The molecule has 0 spiro atoms. The van der Waals surface area contributed by atoms with Gasteiger partial charge in [-0.2, -0.15) is 0 Å². The maximum atomic E-state index is 12.6. The van der Waals surface area contributed by atoms with Crippen molar-refractivity contribution >= 4 is 29.0 Å². The normalized spacial score (nSPS) is 13.3. The Kier molecular flexibility index (Phi) is 3.94. The maximum Gasteiger partial charge on any atom is 0.326 e. The van der Waals surface area contributed by atoms with Crippen LogP contribution in [0.25, 0.3) is 0 Å². The predicted octanol–water partition coefficient (Wildman–Crippen LogP) is 4.39. The Hall–Kier alpha value is -2.20. The predicted molar refractivity (Wildman–Crippen MR) is 89.2 cm³/mol. The Balaban J connectivity index is 1.88. The van der Waals surface area contributed by atoms with Crippen LogP contribution in [0.2, 0.25) is 5.02 Å². The van der Waals surface area contributed by atoms with Gasteiger partial charge in [-0.1, -0.05) is 23.7 Å². The summed E-state index contributed by atoms with van der Waals surface area (Å²) >= 11 is 6.10. The van der Waals surface area contributed by atoms with E-state index in [4.69, 9.17) is 16.3 Å². The van der Waals surface area contributed by atoms with E-state index in [1.165, 1.54) is 0 Å². The molecule has 2 aromatic rings. The summed E-state index contributed by atoms with van der Waals surface area (Å²) in [5.41, 5.74) is 3.46. The number of carbonyl (C=O) groups excluding carboxylic acids is 1. The van der Waals surface area contributed by atoms with Crippen molar-refractivity contribution in [2.45, 2.75) is 13.8 Å². The van der Waals surface area contributed by atoms with Crippen LogP contribution in [0.3, 0.4) is 0 Å². The highest BCUT2D eigenvalue weighted by molar-refractivity contribution is 6.31. The molecule has 1 N–H and O–H groups in total. The largest absolute Gasteiger partial charge is 0.490 e. The van der Waals surface area contributed by atoms with Crippen LogP contribution in [-0.4, -0.2) is 19.2 Å². The molecule has 0 aliphatic carbocycles. The van der Waals surface area contributed by atoms with Crippen molar-refractivity contribution in [2.24, 2.45) is 0 Å². The van der Waals surface area contributed by atoms with Gasteiger partial charge in [-0.3, -0.25) is 4.90 Å². The van der Waals surface area contributed by atoms with Crippen LogP contribution in [0.1, 0.15) is 11.1 Å². The second-order valence-electron chi connectivity index (χ2n) is 5.31. The molecular weight excluding hydrogens is 300 g/mol. The van der Waals surface area contributed by atoms with E-state index >= 15 is 0 Å². The van der Waals surface area contributed by atoms with Gasteiger partial charge in [-0.05, 0) is 49.2 Å².